The summed E-state index contributed by atoms with van der Waals surface area (Å²) in [6.07, 6.45) is 11.5. The fourth-order valence-electron chi connectivity index (χ4n) is 4.33. The number of aliphatic carboxylic acids is 1. The molecular formula is C18H26N2O2. The molecule has 120 valence electrons. The van der Waals surface area contributed by atoms with Gasteiger partial charge in [-0.05, 0) is 68.7 Å². The molecule has 2 aliphatic rings. The zero-order valence-corrected chi connectivity index (χ0v) is 13.4. The normalized spacial score (nSPS) is 28.5. The Balaban J connectivity index is 1.61. The van der Waals surface area contributed by atoms with Crippen LogP contribution in [0.3, 0.4) is 0 Å². The molecule has 4 nitrogen and oxygen atoms in total. The van der Waals surface area contributed by atoms with Gasteiger partial charge in [0.2, 0.25) is 0 Å². The summed E-state index contributed by atoms with van der Waals surface area (Å²) in [6, 6.07) is 2.29. The second kappa shape index (κ2) is 6.78. The Labute approximate surface area is 132 Å². The Kier molecular flexibility index (Phi) is 4.77. The molecule has 1 saturated heterocycles. The lowest BCUT2D eigenvalue weighted by molar-refractivity contribution is -0.142. The molecule has 0 bridgehead atoms. The number of nitrogens with zero attached hydrogens (tertiary/aromatic N) is 2. The van der Waals surface area contributed by atoms with Crippen LogP contribution >= 0.6 is 0 Å². The van der Waals surface area contributed by atoms with Crippen LogP contribution in [0, 0.1) is 12.8 Å². The van der Waals surface area contributed by atoms with E-state index in [1.807, 2.05) is 18.5 Å². The highest BCUT2D eigenvalue weighted by atomic mass is 16.4. The van der Waals surface area contributed by atoms with E-state index >= 15 is 0 Å². The van der Waals surface area contributed by atoms with Crippen molar-refractivity contribution in [3.05, 3.63) is 29.6 Å². The number of aryl methyl sites for hydroxylation is 2. The molecule has 1 aliphatic carbocycles. The van der Waals surface area contributed by atoms with Crippen molar-refractivity contribution in [3.63, 3.8) is 0 Å². The Morgan fingerprint density at radius 3 is 3.00 bits per heavy atom. The summed E-state index contributed by atoms with van der Waals surface area (Å²) in [5.41, 5.74) is 2.57. The quantitative estimate of drug-likeness (QED) is 0.908. The lowest BCUT2D eigenvalue weighted by atomic mass is 9.84. The Morgan fingerprint density at radius 2 is 2.23 bits per heavy atom. The van der Waals surface area contributed by atoms with Crippen LogP contribution in [0.5, 0.6) is 0 Å². The number of pyridine rings is 1. The van der Waals surface area contributed by atoms with E-state index in [2.05, 4.69) is 16.8 Å². The number of hydrogen-bond acceptors (Lipinski definition) is 3. The Hall–Kier alpha value is -1.42. The van der Waals surface area contributed by atoms with Crippen molar-refractivity contribution in [1.82, 2.24) is 9.88 Å². The first-order chi connectivity index (χ1) is 10.7. The monoisotopic (exact) mass is 302 g/mol. The van der Waals surface area contributed by atoms with E-state index in [-0.39, 0.29) is 6.04 Å². The number of aromatic nitrogens is 1. The Morgan fingerprint density at radius 1 is 1.41 bits per heavy atom. The van der Waals surface area contributed by atoms with E-state index in [4.69, 9.17) is 0 Å². The van der Waals surface area contributed by atoms with Gasteiger partial charge in [0, 0.05) is 18.4 Å². The molecule has 0 aromatic carbocycles. The van der Waals surface area contributed by atoms with Crippen LogP contribution in [0.2, 0.25) is 0 Å². The van der Waals surface area contributed by atoms with Crippen molar-refractivity contribution in [2.45, 2.75) is 64.0 Å². The molecule has 3 rings (SSSR count). The first kappa shape index (κ1) is 15.5. The van der Waals surface area contributed by atoms with Crippen molar-refractivity contribution in [1.29, 1.82) is 0 Å². The smallest absolute Gasteiger partial charge is 0.320 e. The summed E-state index contributed by atoms with van der Waals surface area (Å²) in [7, 11) is 0. The molecule has 22 heavy (non-hydrogen) atoms. The molecule has 0 amide bonds. The molecule has 3 atom stereocenters. The molecule has 1 N–H and O–H groups in total. The highest BCUT2D eigenvalue weighted by Gasteiger charge is 2.44. The summed E-state index contributed by atoms with van der Waals surface area (Å²) in [5, 5.41) is 9.54. The fourth-order valence-corrected chi connectivity index (χ4v) is 4.33. The third-order valence-electron chi connectivity index (χ3n) is 5.52. The van der Waals surface area contributed by atoms with Gasteiger partial charge in [-0.3, -0.25) is 14.7 Å². The van der Waals surface area contributed by atoms with Crippen LogP contribution in [0.4, 0.5) is 0 Å². The van der Waals surface area contributed by atoms with Crippen LogP contribution in [0.1, 0.15) is 49.7 Å². The van der Waals surface area contributed by atoms with E-state index in [0.717, 1.165) is 25.8 Å². The average Bonchev–Trinajstić information content (AvgIpc) is 2.88. The maximum atomic E-state index is 11.6. The van der Waals surface area contributed by atoms with Gasteiger partial charge in [0.15, 0.2) is 0 Å². The van der Waals surface area contributed by atoms with Gasteiger partial charge in [0.05, 0.1) is 0 Å². The predicted octanol–water partition coefficient (Wildman–Crippen LogP) is 3.04. The standard InChI is InChI=1S/C18H26N2O2/c1-13-8-9-19-12-15(13)6-4-10-20-16-7-3-2-5-14(16)11-17(20)18(21)22/h8-9,12,14,16-17H,2-7,10-11H2,1H3,(H,21,22). The number of fused-ring (bicyclic) bond motifs is 1. The van der Waals surface area contributed by atoms with E-state index in [9.17, 15) is 9.90 Å². The van der Waals surface area contributed by atoms with Crippen LogP contribution in [0.15, 0.2) is 18.5 Å². The number of likely N-dealkylation sites (tertiary alicyclic amines) is 1. The third kappa shape index (κ3) is 3.17. The van der Waals surface area contributed by atoms with Crippen LogP contribution in [0.25, 0.3) is 0 Å². The molecule has 0 spiro atoms. The van der Waals surface area contributed by atoms with Gasteiger partial charge >= 0.3 is 5.97 Å². The van der Waals surface area contributed by atoms with Gasteiger partial charge in [-0.15, -0.1) is 0 Å². The predicted molar refractivity (Wildman–Crippen MR) is 85.8 cm³/mol. The van der Waals surface area contributed by atoms with Crippen LogP contribution in [-0.2, 0) is 11.2 Å². The highest BCUT2D eigenvalue weighted by molar-refractivity contribution is 5.74. The van der Waals surface area contributed by atoms with Crippen molar-refractivity contribution in [3.8, 4) is 0 Å². The average molecular weight is 302 g/mol. The summed E-state index contributed by atoms with van der Waals surface area (Å²) in [5.74, 6) is -0.0260. The molecule has 1 aliphatic heterocycles. The van der Waals surface area contributed by atoms with Crippen LogP contribution < -0.4 is 0 Å². The summed E-state index contributed by atoms with van der Waals surface area (Å²) >= 11 is 0. The van der Waals surface area contributed by atoms with Gasteiger partial charge in [0.1, 0.15) is 6.04 Å². The SMILES string of the molecule is Cc1ccncc1CCCN1C(C(=O)O)CC2CCCCC21. The van der Waals surface area contributed by atoms with Crippen LogP contribution in [-0.4, -0.2) is 39.6 Å². The molecule has 2 heterocycles. The van der Waals surface area contributed by atoms with Gasteiger partial charge in [-0.1, -0.05) is 12.8 Å². The highest BCUT2D eigenvalue weighted by Crippen LogP contribution is 2.39. The topological polar surface area (TPSA) is 53.4 Å². The first-order valence-electron chi connectivity index (χ1n) is 8.55. The Bertz CT molecular complexity index is 532. The largest absolute Gasteiger partial charge is 0.480 e. The molecule has 4 heteroatoms. The molecule has 1 aromatic heterocycles. The second-order valence-electron chi connectivity index (χ2n) is 6.85. The van der Waals surface area contributed by atoms with E-state index in [1.54, 1.807) is 0 Å². The molecular weight excluding hydrogens is 276 g/mol. The van der Waals surface area contributed by atoms with Gasteiger partial charge in [-0.25, -0.2) is 0 Å². The number of carboxylic acid groups (broad SMARTS) is 1. The zero-order valence-electron chi connectivity index (χ0n) is 13.4. The van der Waals surface area contributed by atoms with Crippen molar-refractivity contribution in [2.24, 2.45) is 5.92 Å². The summed E-state index contributed by atoms with van der Waals surface area (Å²) in [6.45, 7) is 3.01. The van der Waals surface area contributed by atoms with E-state index in [1.165, 1.54) is 36.8 Å². The third-order valence-corrected chi connectivity index (χ3v) is 5.52. The summed E-state index contributed by atoms with van der Waals surface area (Å²) < 4.78 is 0. The fraction of sp³-hybridized carbons (Fsp3) is 0.667. The summed E-state index contributed by atoms with van der Waals surface area (Å²) in [4.78, 5) is 18.1. The molecule has 3 unspecified atom stereocenters. The van der Waals surface area contributed by atoms with Crippen molar-refractivity contribution >= 4 is 5.97 Å². The molecule has 2 fully saturated rings. The van der Waals surface area contributed by atoms with Crippen molar-refractivity contribution in [2.75, 3.05) is 6.54 Å². The second-order valence-corrected chi connectivity index (χ2v) is 6.85. The number of carboxylic acids is 1. The van der Waals surface area contributed by atoms with Gasteiger partial charge in [-0.2, -0.15) is 0 Å². The number of carbonyl (C=O) groups is 1. The maximum absolute atomic E-state index is 11.6. The first-order valence-corrected chi connectivity index (χ1v) is 8.55. The van der Waals surface area contributed by atoms with E-state index < -0.39 is 5.97 Å². The van der Waals surface area contributed by atoms with E-state index in [0.29, 0.717) is 12.0 Å². The lowest BCUT2D eigenvalue weighted by Crippen LogP contribution is -2.42. The van der Waals surface area contributed by atoms with Gasteiger partial charge < -0.3 is 5.11 Å². The minimum atomic E-state index is -0.632. The van der Waals surface area contributed by atoms with Gasteiger partial charge in [0.25, 0.3) is 0 Å². The number of rotatable bonds is 5. The maximum Gasteiger partial charge on any atom is 0.320 e. The number of hydrogen-bond donors (Lipinski definition) is 1. The minimum absolute atomic E-state index is 0.261. The minimum Gasteiger partial charge on any atom is -0.480 e. The lowest BCUT2D eigenvalue weighted by Gasteiger charge is -2.33. The molecule has 0 radical (unpaired) electrons. The van der Waals surface area contributed by atoms with Crippen molar-refractivity contribution < 1.29 is 9.90 Å². The molecule has 1 aromatic rings. The molecule has 1 saturated carbocycles. The zero-order chi connectivity index (χ0) is 15.5.